The number of nitrogen functional groups attached to an aromatic ring is 1. The number of hydrogen-bond donors (Lipinski definition) is 2. The smallest absolute Gasteiger partial charge is 0.220 e. The average molecular weight is 468 g/mol. The Kier molecular flexibility index (Phi) is 6.46. The molecule has 0 saturated heterocycles. The van der Waals surface area contributed by atoms with Gasteiger partial charge in [0.25, 0.3) is 0 Å². The lowest BCUT2D eigenvalue weighted by Gasteiger charge is -2.13. The molecule has 0 atom stereocenters. The van der Waals surface area contributed by atoms with Crippen LogP contribution in [0.15, 0.2) is 66.9 Å². The third-order valence-electron chi connectivity index (χ3n) is 4.68. The Balaban J connectivity index is 1.59. The summed E-state index contributed by atoms with van der Waals surface area (Å²) in [7, 11) is 1.56. The van der Waals surface area contributed by atoms with Gasteiger partial charge < -0.3 is 25.1 Å². The molecule has 168 valence electrons. The number of ether oxygens (including phenoxy) is 3. The third-order valence-corrected chi connectivity index (χ3v) is 5.03. The summed E-state index contributed by atoms with van der Waals surface area (Å²) in [6.45, 7) is 0.0998. The van der Waals surface area contributed by atoms with Crippen molar-refractivity contribution >= 4 is 17.5 Å². The molecule has 1 aromatic heterocycles. The Morgan fingerprint density at radius 2 is 1.85 bits per heavy atom. The number of halogens is 2. The number of aromatic nitrogens is 2. The largest absolute Gasteiger partial charge is 0.507 e. The SMILES string of the molecule is COc1cccc(Oc2cnc(N)nc2-c2ccc(OCc3ccc(F)cc3Cl)cc2O)c1. The third kappa shape index (κ3) is 5.24. The molecule has 0 unspecified atom stereocenters. The highest BCUT2D eigenvalue weighted by atomic mass is 35.5. The van der Waals surface area contributed by atoms with E-state index in [2.05, 4.69) is 9.97 Å². The van der Waals surface area contributed by atoms with Gasteiger partial charge in [-0.25, -0.2) is 14.4 Å². The van der Waals surface area contributed by atoms with Crippen molar-refractivity contribution < 1.29 is 23.7 Å². The van der Waals surface area contributed by atoms with Crippen molar-refractivity contribution in [3.05, 3.63) is 83.3 Å². The van der Waals surface area contributed by atoms with Crippen molar-refractivity contribution in [2.75, 3.05) is 12.8 Å². The molecule has 0 saturated carbocycles. The van der Waals surface area contributed by atoms with Gasteiger partial charge in [-0.3, -0.25) is 0 Å². The fourth-order valence-electron chi connectivity index (χ4n) is 3.05. The number of benzene rings is 3. The van der Waals surface area contributed by atoms with Crippen molar-refractivity contribution in [1.82, 2.24) is 9.97 Å². The number of rotatable bonds is 7. The second kappa shape index (κ2) is 9.62. The zero-order valence-electron chi connectivity index (χ0n) is 17.5. The number of hydrogen-bond acceptors (Lipinski definition) is 7. The van der Waals surface area contributed by atoms with E-state index in [0.29, 0.717) is 39.8 Å². The van der Waals surface area contributed by atoms with Gasteiger partial charge in [0.05, 0.1) is 18.3 Å². The summed E-state index contributed by atoms with van der Waals surface area (Å²) in [5.74, 6) is 1.28. The molecule has 7 nitrogen and oxygen atoms in total. The Morgan fingerprint density at radius 3 is 2.61 bits per heavy atom. The normalized spacial score (nSPS) is 10.6. The van der Waals surface area contributed by atoms with Crippen molar-refractivity contribution in [3.8, 4) is 40.0 Å². The first-order chi connectivity index (χ1) is 15.9. The van der Waals surface area contributed by atoms with Crippen molar-refractivity contribution in [2.24, 2.45) is 0 Å². The van der Waals surface area contributed by atoms with Crippen molar-refractivity contribution in [2.45, 2.75) is 6.61 Å². The molecule has 4 aromatic rings. The van der Waals surface area contributed by atoms with E-state index in [1.54, 1.807) is 43.5 Å². The molecular formula is C24H19ClFN3O4. The summed E-state index contributed by atoms with van der Waals surface area (Å²) in [6, 6.07) is 15.8. The Bertz CT molecular complexity index is 1300. The minimum absolute atomic E-state index is 0.0219. The summed E-state index contributed by atoms with van der Waals surface area (Å²) in [4.78, 5) is 8.24. The van der Waals surface area contributed by atoms with E-state index < -0.39 is 5.82 Å². The van der Waals surface area contributed by atoms with Crippen LogP contribution in [0.4, 0.5) is 10.3 Å². The van der Waals surface area contributed by atoms with Crippen LogP contribution in [0.25, 0.3) is 11.3 Å². The molecule has 9 heteroatoms. The number of nitrogens with two attached hydrogens (primary N) is 1. The van der Waals surface area contributed by atoms with E-state index in [9.17, 15) is 9.50 Å². The fourth-order valence-corrected chi connectivity index (χ4v) is 3.27. The maximum Gasteiger partial charge on any atom is 0.220 e. The first-order valence-corrected chi connectivity index (χ1v) is 10.2. The quantitative estimate of drug-likeness (QED) is 0.364. The van der Waals surface area contributed by atoms with Crippen LogP contribution < -0.4 is 19.9 Å². The van der Waals surface area contributed by atoms with Crippen LogP contribution in [0.2, 0.25) is 5.02 Å². The van der Waals surface area contributed by atoms with Gasteiger partial charge in [-0.2, -0.15) is 0 Å². The van der Waals surface area contributed by atoms with Gasteiger partial charge in [-0.05, 0) is 36.4 Å². The highest BCUT2D eigenvalue weighted by molar-refractivity contribution is 6.31. The van der Waals surface area contributed by atoms with E-state index in [4.69, 9.17) is 31.5 Å². The molecule has 4 rings (SSSR count). The zero-order valence-corrected chi connectivity index (χ0v) is 18.2. The van der Waals surface area contributed by atoms with Crippen molar-refractivity contribution in [1.29, 1.82) is 0 Å². The number of aromatic hydroxyl groups is 1. The van der Waals surface area contributed by atoms with E-state index in [0.717, 1.165) is 0 Å². The number of phenols is 1. The Hall–Kier alpha value is -4.04. The topological polar surface area (TPSA) is 99.7 Å². The maximum absolute atomic E-state index is 13.2. The molecule has 0 bridgehead atoms. The summed E-state index contributed by atoms with van der Waals surface area (Å²) < 4.78 is 30.0. The van der Waals surface area contributed by atoms with E-state index in [-0.39, 0.29) is 23.3 Å². The predicted octanol–water partition coefficient (Wildman–Crippen LogP) is 5.60. The lowest BCUT2D eigenvalue weighted by Crippen LogP contribution is -2.00. The minimum Gasteiger partial charge on any atom is -0.507 e. The van der Waals surface area contributed by atoms with Crippen molar-refractivity contribution in [3.63, 3.8) is 0 Å². The molecule has 0 aliphatic heterocycles. The Labute approximate surface area is 194 Å². The maximum atomic E-state index is 13.2. The predicted molar refractivity (Wildman–Crippen MR) is 122 cm³/mol. The average Bonchev–Trinajstić information content (AvgIpc) is 2.80. The van der Waals surface area contributed by atoms with Gasteiger partial charge in [0, 0.05) is 23.3 Å². The first-order valence-electron chi connectivity index (χ1n) is 9.77. The number of methoxy groups -OCH3 is 1. The Morgan fingerprint density at radius 1 is 1.03 bits per heavy atom. The van der Waals surface area contributed by atoms with Crippen LogP contribution in [-0.4, -0.2) is 22.2 Å². The lowest BCUT2D eigenvalue weighted by atomic mass is 10.1. The van der Waals surface area contributed by atoms with Crippen LogP contribution >= 0.6 is 11.6 Å². The molecule has 3 N–H and O–H groups in total. The molecule has 0 aliphatic rings. The zero-order chi connectivity index (χ0) is 23.4. The second-order valence-electron chi connectivity index (χ2n) is 6.93. The molecule has 1 heterocycles. The van der Waals surface area contributed by atoms with Gasteiger partial charge in [0.1, 0.15) is 41.1 Å². The molecule has 0 radical (unpaired) electrons. The molecule has 0 amide bonds. The highest BCUT2D eigenvalue weighted by Gasteiger charge is 2.16. The van der Waals surface area contributed by atoms with Gasteiger partial charge >= 0.3 is 0 Å². The number of nitrogens with zero attached hydrogens (tertiary/aromatic N) is 2. The van der Waals surface area contributed by atoms with E-state index in [1.807, 2.05) is 0 Å². The molecule has 0 spiro atoms. The monoisotopic (exact) mass is 467 g/mol. The fraction of sp³-hybridized carbons (Fsp3) is 0.0833. The summed E-state index contributed by atoms with van der Waals surface area (Å²) in [6.07, 6.45) is 1.43. The van der Waals surface area contributed by atoms with Gasteiger partial charge in [-0.15, -0.1) is 0 Å². The molecule has 0 aliphatic carbocycles. The van der Waals surface area contributed by atoms with Gasteiger partial charge in [-0.1, -0.05) is 23.7 Å². The second-order valence-corrected chi connectivity index (χ2v) is 7.33. The van der Waals surface area contributed by atoms with E-state index >= 15 is 0 Å². The van der Waals surface area contributed by atoms with Crippen LogP contribution in [0.5, 0.6) is 28.7 Å². The summed E-state index contributed by atoms with van der Waals surface area (Å²) in [5, 5.41) is 10.9. The summed E-state index contributed by atoms with van der Waals surface area (Å²) >= 11 is 6.03. The van der Waals surface area contributed by atoms with Gasteiger partial charge in [0.2, 0.25) is 5.95 Å². The van der Waals surface area contributed by atoms with Crippen LogP contribution in [-0.2, 0) is 6.61 Å². The van der Waals surface area contributed by atoms with Crippen LogP contribution in [0.3, 0.4) is 0 Å². The number of phenolic OH excluding ortho intramolecular Hbond substituents is 1. The first kappa shape index (κ1) is 22.2. The highest BCUT2D eigenvalue weighted by Crippen LogP contribution is 2.38. The standard InChI is InChI=1S/C24H19ClFN3O4/c1-31-16-3-2-4-18(10-16)33-22-12-28-24(27)29-23(22)19-8-7-17(11-21(19)30)32-13-14-5-6-15(26)9-20(14)25/h2-12,30H,13H2,1H3,(H2,27,28,29). The summed E-state index contributed by atoms with van der Waals surface area (Å²) in [5.41, 5.74) is 7.06. The molecule has 0 fully saturated rings. The number of anilines is 1. The molecule has 33 heavy (non-hydrogen) atoms. The van der Waals surface area contributed by atoms with Gasteiger partial charge in [0.15, 0.2) is 5.75 Å². The van der Waals surface area contributed by atoms with Crippen LogP contribution in [0, 0.1) is 5.82 Å². The molecule has 3 aromatic carbocycles. The van der Waals surface area contributed by atoms with Crippen LogP contribution in [0.1, 0.15) is 5.56 Å². The molecular weight excluding hydrogens is 449 g/mol. The minimum atomic E-state index is -0.429. The lowest BCUT2D eigenvalue weighted by molar-refractivity contribution is 0.304. The van der Waals surface area contributed by atoms with E-state index in [1.165, 1.54) is 30.5 Å².